The highest BCUT2D eigenvalue weighted by atomic mass is 32.3. The first kappa shape index (κ1) is 68.5. The fraction of sp³-hybridized carbons (Fsp3) is 0.906. The topological polar surface area (TPSA) is 614 Å². The summed E-state index contributed by atoms with van der Waals surface area (Å²) in [4.78, 5) is 38.8. The molecule has 40 nitrogen and oxygen atoms in total. The SMILES string of the molecule is CC(=O)N[C@@H]1[C@@H](O)[C@H](O[C@@H]2O[C@H](C(=O)O)[C@@H](O[C@@H]3O[C@H](CO)[C@@H](O[C@H]4O[C@@H](C(=O)O)[C@H](O)[C@@H](O)[C@@H]4OS(=O)(=O)O)[C@H](OS(=O)(=O)O)[C@H]3NS(=O)(=O)O)[C@H](O)[C@H]2OS(=O)(=O)O)[C@H](COS(=O)(=O)O)O[C@H]1O.CCN(CC)CC. The van der Waals surface area contributed by atoms with Gasteiger partial charge in [-0.15, -0.1) is 0 Å². The number of nitrogens with zero attached hydrogens (tertiary/aromatic N) is 1. The molecule has 77 heavy (non-hydrogen) atoms. The number of carbonyl (C=O) groups is 3. The molecular weight excluding hydrogens is 1180 g/mol. The molecule has 0 radical (unpaired) electrons. The smallest absolute Gasteiger partial charge is 0.397 e. The van der Waals surface area contributed by atoms with Gasteiger partial charge >= 0.3 is 63.8 Å². The first-order chi connectivity index (χ1) is 35.2. The summed E-state index contributed by atoms with van der Waals surface area (Å²) in [6.07, 6.45) is -49.1. The minimum absolute atomic E-state index is 0.840. The van der Waals surface area contributed by atoms with Crippen LogP contribution >= 0.6 is 0 Å². The van der Waals surface area contributed by atoms with Crippen molar-refractivity contribution in [3.05, 3.63) is 0 Å². The van der Waals surface area contributed by atoms with Gasteiger partial charge in [0.05, 0.1) is 13.2 Å². The Balaban J connectivity index is 0.00000208. The van der Waals surface area contributed by atoms with Gasteiger partial charge in [-0.25, -0.2) is 26.3 Å². The quantitative estimate of drug-likeness (QED) is 0.0399. The largest absolute Gasteiger partial charge is 0.479 e. The van der Waals surface area contributed by atoms with Crippen LogP contribution in [-0.2, 0) is 116 Å². The van der Waals surface area contributed by atoms with Gasteiger partial charge < -0.3 is 84.2 Å². The van der Waals surface area contributed by atoms with E-state index in [2.05, 4.69) is 42.4 Å². The Morgan fingerprint density at radius 2 is 0.974 bits per heavy atom. The molecule has 15 N–H and O–H groups in total. The van der Waals surface area contributed by atoms with E-state index in [-0.39, 0.29) is 0 Å². The highest BCUT2D eigenvalue weighted by Gasteiger charge is 2.60. The third kappa shape index (κ3) is 20.3. The van der Waals surface area contributed by atoms with E-state index in [4.69, 9.17) is 37.7 Å². The fourth-order valence-electron chi connectivity index (χ4n) is 7.72. The van der Waals surface area contributed by atoms with Gasteiger partial charge in [0.1, 0.15) is 73.1 Å². The van der Waals surface area contributed by atoms with Gasteiger partial charge in [0.15, 0.2) is 49.6 Å². The van der Waals surface area contributed by atoms with Gasteiger partial charge in [0, 0.05) is 6.92 Å². The van der Waals surface area contributed by atoms with E-state index in [0.29, 0.717) is 0 Å². The third-order valence-electron chi connectivity index (χ3n) is 11.0. The van der Waals surface area contributed by atoms with Gasteiger partial charge in [-0.2, -0.15) is 46.8 Å². The highest BCUT2D eigenvalue weighted by Crippen LogP contribution is 2.37. The van der Waals surface area contributed by atoms with Crippen LogP contribution in [0.5, 0.6) is 0 Å². The maximum absolute atomic E-state index is 12.7. The van der Waals surface area contributed by atoms with Crippen molar-refractivity contribution in [1.29, 1.82) is 0 Å². The van der Waals surface area contributed by atoms with Crippen LogP contribution in [0.1, 0.15) is 27.7 Å². The number of carboxylic acids is 2. The summed E-state index contributed by atoms with van der Waals surface area (Å²) >= 11 is 0. The van der Waals surface area contributed by atoms with E-state index in [1.807, 2.05) is 5.32 Å². The normalized spacial score (nSPS) is 36.6. The molecule has 1 amide bonds. The van der Waals surface area contributed by atoms with Crippen LogP contribution in [0.3, 0.4) is 0 Å². The first-order valence-corrected chi connectivity index (χ1v) is 28.4. The van der Waals surface area contributed by atoms with Crippen molar-refractivity contribution in [2.45, 2.75) is 150 Å². The number of rotatable bonds is 24. The van der Waals surface area contributed by atoms with E-state index in [1.54, 1.807) is 0 Å². The Kier molecular flexibility index (Phi) is 24.7. The summed E-state index contributed by atoms with van der Waals surface area (Å²) in [5.41, 5.74) is 0. The lowest BCUT2D eigenvalue weighted by atomic mass is 9.94. The molecule has 45 heteroatoms. The second-order valence-corrected chi connectivity index (χ2v) is 21.6. The molecule has 0 aliphatic carbocycles. The molecule has 4 aliphatic rings. The molecule has 0 aromatic rings. The minimum atomic E-state index is -6.09. The van der Waals surface area contributed by atoms with Gasteiger partial charge in [-0.3, -0.25) is 27.6 Å². The van der Waals surface area contributed by atoms with Gasteiger partial charge in [-0.1, -0.05) is 20.8 Å². The second-order valence-electron chi connectivity index (χ2n) is 16.2. The lowest BCUT2D eigenvalue weighted by Crippen LogP contribution is -2.71. The molecule has 4 heterocycles. The summed E-state index contributed by atoms with van der Waals surface area (Å²) in [6, 6.07) is -4.96. The summed E-state index contributed by atoms with van der Waals surface area (Å²) in [5, 5.41) is 86.0. The molecule has 0 spiro atoms. The van der Waals surface area contributed by atoms with E-state index < -0.39 is 206 Å². The van der Waals surface area contributed by atoms with Crippen molar-refractivity contribution in [3.8, 4) is 0 Å². The molecular formula is C32H57N3O37S5. The van der Waals surface area contributed by atoms with Crippen molar-refractivity contribution in [2.75, 3.05) is 32.8 Å². The number of carbonyl (C=O) groups excluding carboxylic acids is 1. The van der Waals surface area contributed by atoms with Crippen molar-refractivity contribution >= 4 is 69.7 Å². The molecule has 4 saturated heterocycles. The van der Waals surface area contributed by atoms with Crippen LogP contribution in [0, 0.1) is 0 Å². The molecule has 0 unspecified atom stereocenters. The lowest BCUT2D eigenvalue weighted by molar-refractivity contribution is -0.366. The van der Waals surface area contributed by atoms with Gasteiger partial charge in [0.25, 0.3) is 0 Å². The maximum Gasteiger partial charge on any atom is 0.397 e. The van der Waals surface area contributed by atoms with E-state index >= 15 is 0 Å². The maximum atomic E-state index is 12.7. The Labute approximate surface area is 436 Å². The molecule has 0 bridgehead atoms. The number of aliphatic carboxylic acids is 2. The zero-order valence-corrected chi connectivity index (χ0v) is 43.8. The van der Waals surface area contributed by atoms with Crippen LogP contribution in [0.4, 0.5) is 0 Å². The molecule has 452 valence electrons. The van der Waals surface area contributed by atoms with Crippen LogP contribution in [0.15, 0.2) is 0 Å². The number of ether oxygens (including phenoxy) is 7. The second kappa shape index (κ2) is 27.8. The summed E-state index contributed by atoms with van der Waals surface area (Å²) in [5.74, 6) is -5.49. The number of aliphatic hydroxyl groups excluding tert-OH is 6. The van der Waals surface area contributed by atoms with Gasteiger partial charge in [0.2, 0.25) is 5.91 Å². The summed E-state index contributed by atoms with van der Waals surface area (Å²) < 4.78 is 222. The average molecular weight is 1240 g/mol. The van der Waals surface area contributed by atoms with Crippen molar-refractivity contribution in [1.82, 2.24) is 14.9 Å². The Bertz CT molecular complexity index is 2550. The summed E-state index contributed by atoms with van der Waals surface area (Å²) in [7, 11) is -29.1. The van der Waals surface area contributed by atoms with Crippen molar-refractivity contribution < 1.29 is 170 Å². The number of aliphatic hydroxyl groups is 6. The van der Waals surface area contributed by atoms with E-state index in [9.17, 15) is 116 Å². The predicted octanol–water partition coefficient (Wildman–Crippen LogP) is -9.36. The van der Waals surface area contributed by atoms with Gasteiger partial charge in [-0.05, 0) is 19.6 Å². The average Bonchev–Trinajstić information content (AvgIpc) is 3.27. The monoisotopic (exact) mass is 1240 g/mol. The third-order valence-corrected chi connectivity index (χ3v) is 13.4. The molecule has 0 saturated carbocycles. The first-order valence-electron chi connectivity index (χ1n) is 21.5. The van der Waals surface area contributed by atoms with Crippen LogP contribution in [0.25, 0.3) is 0 Å². The van der Waals surface area contributed by atoms with Crippen molar-refractivity contribution in [2.24, 2.45) is 0 Å². The Morgan fingerprint density at radius 1 is 0.519 bits per heavy atom. The molecule has 0 aromatic carbocycles. The number of amides is 1. The molecule has 4 rings (SSSR count). The standard InChI is InChI=1S/C26H42N2O37S5.C6H15N/c1-4(30)27-7-9(31)13(6(56-23(7)39)3-55-67(43,44)45)58-26-19(65-70(52,53)54)12(34)16(20(62-26)22(37)38)60-24-8(28-66(40,41)42)15(63-68(46,47)48)14(5(2-29)57-24)59-25-18(64-69(49,50)51)11(33)10(32)17(61-25)21(35)36;1-4-7(5-2)6-3/h5-20,23-26,28-29,31-34,39H,2-3H2,1H3,(H,27,30)(H,35,36)(H,37,38)(H,40,41,42)(H,43,44,45)(H,46,47,48)(H,49,50,51)(H,52,53,54);4-6H2,1-3H3/t5-,6+,7-,8-,9-,10-,11-,12+,13-,14-,15-,16+,17-,18+,19-,20+,23-,24+,25+,26-;/m1./s1. The Morgan fingerprint density at radius 3 is 1.39 bits per heavy atom. The highest BCUT2D eigenvalue weighted by molar-refractivity contribution is 7.83. The molecule has 4 aliphatic heterocycles. The zero-order valence-electron chi connectivity index (χ0n) is 39.7. The lowest BCUT2D eigenvalue weighted by Gasteiger charge is -2.50. The number of hydrogen-bond acceptors (Lipinski definition) is 31. The number of hydrogen-bond donors (Lipinski definition) is 15. The van der Waals surface area contributed by atoms with E-state index in [0.717, 1.165) is 6.92 Å². The predicted molar refractivity (Wildman–Crippen MR) is 234 cm³/mol. The van der Waals surface area contributed by atoms with Crippen LogP contribution < -0.4 is 10.0 Å². The Hall–Kier alpha value is -2.80. The fourth-order valence-corrected chi connectivity index (χ4v) is 10.1. The number of carboxylic acid groups (broad SMARTS) is 2. The number of nitrogens with one attached hydrogen (secondary N) is 2. The molecule has 4 fully saturated rings. The summed E-state index contributed by atoms with van der Waals surface area (Å²) in [6.45, 7) is 7.89. The molecule has 20 atom stereocenters. The van der Waals surface area contributed by atoms with E-state index in [1.165, 1.54) is 24.4 Å². The zero-order chi connectivity index (χ0) is 59.1. The molecule has 0 aromatic heterocycles. The van der Waals surface area contributed by atoms with Crippen molar-refractivity contribution in [3.63, 3.8) is 0 Å². The van der Waals surface area contributed by atoms with Crippen LogP contribution in [-0.4, -0.2) is 284 Å². The van der Waals surface area contributed by atoms with Crippen LogP contribution in [0.2, 0.25) is 0 Å². The minimum Gasteiger partial charge on any atom is -0.479 e.